The molecule has 1 amide bonds. The summed E-state index contributed by atoms with van der Waals surface area (Å²) in [5.41, 5.74) is 0.254. The van der Waals surface area contributed by atoms with Crippen LogP contribution in [0.4, 0.5) is 14.5 Å². The van der Waals surface area contributed by atoms with Crippen LogP contribution in [0.5, 0.6) is 0 Å². The number of carbonyl (C=O) groups is 1. The minimum absolute atomic E-state index is 0.0107. The van der Waals surface area contributed by atoms with Crippen LogP contribution in [0, 0.1) is 11.6 Å². The zero-order valence-corrected chi connectivity index (χ0v) is 13.1. The number of benzene rings is 1. The molecule has 0 saturated carbocycles. The molecule has 2 saturated heterocycles. The predicted octanol–water partition coefficient (Wildman–Crippen LogP) is 0.990. The predicted molar refractivity (Wildman–Crippen MR) is 82.4 cm³/mol. The molecule has 0 spiro atoms. The molecule has 5 nitrogen and oxygen atoms in total. The van der Waals surface area contributed by atoms with E-state index in [0.717, 1.165) is 6.07 Å². The van der Waals surface area contributed by atoms with Crippen molar-refractivity contribution >= 4 is 11.6 Å². The van der Waals surface area contributed by atoms with Crippen LogP contribution in [0.3, 0.4) is 0 Å². The van der Waals surface area contributed by atoms with E-state index < -0.39 is 11.6 Å². The van der Waals surface area contributed by atoms with Crippen molar-refractivity contribution in [1.82, 2.24) is 10.2 Å². The molecule has 1 aromatic carbocycles. The topological polar surface area (TPSA) is 44.8 Å². The number of amides is 1. The molecule has 1 aromatic rings. The standard InChI is InChI=1S/C16H21F2N3O2/c1-11-15(19-5-10-23-11)16(22)21-8-6-20(7-9-21)13-4-2-3-12(17)14(13)18/h2-4,11,15,19H,5-10H2,1H3/t11-,15+/m1/s1. The normalized spacial score (nSPS) is 25.5. The third-order valence-electron chi connectivity index (χ3n) is 4.45. The molecule has 2 fully saturated rings. The number of ether oxygens (including phenoxy) is 1. The molecule has 7 heteroatoms. The molecule has 0 unspecified atom stereocenters. The number of halogens is 2. The first-order valence-corrected chi connectivity index (χ1v) is 7.90. The van der Waals surface area contributed by atoms with Crippen LogP contribution in [0.1, 0.15) is 6.92 Å². The van der Waals surface area contributed by atoms with Crippen LogP contribution in [-0.2, 0) is 9.53 Å². The summed E-state index contributed by atoms with van der Waals surface area (Å²) >= 11 is 0. The first-order valence-electron chi connectivity index (χ1n) is 7.90. The van der Waals surface area contributed by atoms with Gasteiger partial charge in [-0.15, -0.1) is 0 Å². The molecule has 0 bridgehead atoms. The average Bonchev–Trinajstić information content (AvgIpc) is 2.57. The molecule has 3 rings (SSSR count). The summed E-state index contributed by atoms with van der Waals surface area (Å²) in [4.78, 5) is 16.1. The first kappa shape index (κ1) is 16.1. The molecule has 23 heavy (non-hydrogen) atoms. The van der Waals surface area contributed by atoms with Crippen LogP contribution in [-0.4, -0.2) is 62.3 Å². The van der Waals surface area contributed by atoms with Crippen molar-refractivity contribution in [2.45, 2.75) is 19.1 Å². The molecule has 1 N–H and O–H groups in total. The third kappa shape index (κ3) is 3.30. The van der Waals surface area contributed by atoms with Crippen molar-refractivity contribution in [2.75, 3.05) is 44.2 Å². The quantitative estimate of drug-likeness (QED) is 0.881. The van der Waals surface area contributed by atoms with Gasteiger partial charge >= 0.3 is 0 Å². The Morgan fingerprint density at radius 2 is 2.00 bits per heavy atom. The van der Waals surface area contributed by atoms with Gasteiger partial charge in [0.2, 0.25) is 5.91 Å². The Bertz CT molecular complexity index is 576. The van der Waals surface area contributed by atoms with Crippen LogP contribution < -0.4 is 10.2 Å². The van der Waals surface area contributed by atoms with E-state index >= 15 is 0 Å². The van der Waals surface area contributed by atoms with E-state index in [1.54, 1.807) is 15.9 Å². The highest BCUT2D eigenvalue weighted by Gasteiger charge is 2.33. The number of hydrogen-bond donors (Lipinski definition) is 1. The lowest BCUT2D eigenvalue weighted by molar-refractivity contribution is -0.139. The maximum atomic E-state index is 13.9. The highest BCUT2D eigenvalue weighted by atomic mass is 19.2. The molecule has 0 aromatic heterocycles. The van der Waals surface area contributed by atoms with Crippen molar-refractivity contribution in [2.24, 2.45) is 0 Å². The van der Waals surface area contributed by atoms with Crippen molar-refractivity contribution in [3.8, 4) is 0 Å². The summed E-state index contributed by atoms with van der Waals surface area (Å²) in [6, 6.07) is 3.83. The lowest BCUT2D eigenvalue weighted by Gasteiger charge is -2.39. The van der Waals surface area contributed by atoms with Crippen molar-refractivity contribution in [3.63, 3.8) is 0 Å². The number of piperazine rings is 1. The first-order chi connectivity index (χ1) is 11.1. The Labute approximate surface area is 134 Å². The summed E-state index contributed by atoms with van der Waals surface area (Å²) < 4.78 is 32.7. The van der Waals surface area contributed by atoms with Gasteiger partial charge in [-0.3, -0.25) is 4.79 Å². The Morgan fingerprint density at radius 1 is 1.26 bits per heavy atom. The molecule has 2 aliphatic heterocycles. The summed E-state index contributed by atoms with van der Waals surface area (Å²) in [7, 11) is 0. The van der Waals surface area contributed by atoms with Crippen molar-refractivity contribution in [1.29, 1.82) is 0 Å². The SMILES string of the molecule is C[C@H]1OCCN[C@@H]1C(=O)N1CCN(c2cccc(F)c2F)CC1. The van der Waals surface area contributed by atoms with Gasteiger partial charge in [0.25, 0.3) is 0 Å². The summed E-state index contributed by atoms with van der Waals surface area (Å²) in [6.07, 6.45) is -0.157. The molecule has 2 aliphatic rings. The van der Waals surface area contributed by atoms with Gasteiger partial charge in [-0.05, 0) is 19.1 Å². The largest absolute Gasteiger partial charge is 0.375 e. The van der Waals surface area contributed by atoms with Gasteiger partial charge in [0.15, 0.2) is 11.6 Å². The van der Waals surface area contributed by atoms with E-state index in [1.165, 1.54) is 6.07 Å². The molecular weight excluding hydrogens is 304 g/mol. The van der Waals surface area contributed by atoms with Gasteiger partial charge < -0.3 is 19.9 Å². The molecular formula is C16H21F2N3O2. The fourth-order valence-corrected chi connectivity index (χ4v) is 3.11. The molecule has 0 radical (unpaired) electrons. The number of carbonyl (C=O) groups excluding carboxylic acids is 1. The number of nitrogens with zero attached hydrogens (tertiary/aromatic N) is 2. The second-order valence-corrected chi connectivity index (χ2v) is 5.89. The van der Waals surface area contributed by atoms with Crippen molar-refractivity contribution < 1.29 is 18.3 Å². The molecule has 0 aliphatic carbocycles. The van der Waals surface area contributed by atoms with Crippen LogP contribution >= 0.6 is 0 Å². The summed E-state index contributed by atoms with van der Waals surface area (Å²) in [5, 5.41) is 3.19. The second-order valence-electron chi connectivity index (χ2n) is 5.89. The van der Waals surface area contributed by atoms with E-state index in [1.807, 2.05) is 6.92 Å². The number of morpholine rings is 1. The maximum absolute atomic E-state index is 13.9. The Balaban J connectivity index is 1.62. The van der Waals surface area contributed by atoms with Gasteiger partial charge in [0, 0.05) is 32.7 Å². The van der Waals surface area contributed by atoms with Gasteiger partial charge in [0.05, 0.1) is 18.4 Å². The third-order valence-corrected chi connectivity index (χ3v) is 4.45. The van der Waals surface area contributed by atoms with Gasteiger partial charge in [-0.25, -0.2) is 8.78 Å². The fourth-order valence-electron chi connectivity index (χ4n) is 3.11. The second kappa shape index (κ2) is 6.80. The Hall–Kier alpha value is -1.73. The zero-order valence-electron chi connectivity index (χ0n) is 13.1. The van der Waals surface area contributed by atoms with Crippen molar-refractivity contribution in [3.05, 3.63) is 29.8 Å². The summed E-state index contributed by atoms with van der Waals surface area (Å²) in [6.45, 7) is 5.08. The van der Waals surface area contributed by atoms with Gasteiger partial charge in [-0.1, -0.05) is 6.07 Å². The van der Waals surface area contributed by atoms with E-state index in [-0.39, 0.29) is 23.7 Å². The summed E-state index contributed by atoms with van der Waals surface area (Å²) in [5.74, 6) is -1.67. The van der Waals surface area contributed by atoms with E-state index in [0.29, 0.717) is 39.3 Å². The van der Waals surface area contributed by atoms with E-state index in [2.05, 4.69) is 5.32 Å². The zero-order chi connectivity index (χ0) is 16.4. The maximum Gasteiger partial charge on any atom is 0.242 e. The minimum atomic E-state index is -0.849. The monoisotopic (exact) mass is 325 g/mol. The van der Waals surface area contributed by atoms with Gasteiger partial charge in [0.1, 0.15) is 6.04 Å². The molecule has 2 heterocycles. The number of nitrogens with one attached hydrogen (secondary N) is 1. The highest BCUT2D eigenvalue weighted by molar-refractivity contribution is 5.83. The number of anilines is 1. The molecule has 2 atom stereocenters. The van der Waals surface area contributed by atoms with E-state index in [4.69, 9.17) is 4.74 Å². The Kier molecular flexibility index (Phi) is 4.77. The lowest BCUT2D eigenvalue weighted by Crippen LogP contribution is -2.59. The number of hydrogen-bond acceptors (Lipinski definition) is 4. The number of rotatable bonds is 2. The highest BCUT2D eigenvalue weighted by Crippen LogP contribution is 2.23. The van der Waals surface area contributed by atoms with E-state index in [9.17, 15) is 13.6 Å². The Morgan fingerprint density at radius 3 is 2.70 bits per heavy atom. The average molecular weight is 325 g/mol. The minimum Gasteiger partial charge on any atom is -0.375 e. The van der Waals surface area contributed by atoms with Crippen LogP contribution in [0.25, 0.3) is 0 Å². The smallest absolute Gasteiger partial charge is 0.242 e. The van der Waals surface area contributed by atoms with Gasteiger partial charge in [-0.2, -0.15) is 0 Å². The molecule has 126 valence electrons. The van der Waals surface area contributed by atoms with Crippen LogP contribution in [0.15, 0.2) is 18.2 Å². The fraction of sp³-hybridized carbons (Fsp3) is 0.562. The van der Waals surface area contributed by atoms with Crippen LogP contribution in [0.2, 0.25) is 0 Å². The lowest BCUT2D eigenvalue weighted by atomic mass is 10.1.